The van der Waals surface area contributed by atoms with Crippen molar-refractivity contribution in [1.82, 2.24) is 25.2 Å². The Kier molecular flexibility index (Phi) is 6.76. The number of nitrogen functional groups attached to an aromatic ring is 1. The second-order valence-electron chi connectivity index (χ2n) is 8.70. The number of nitrogens with one attached hydrogen (secondary N) is 2. The van der Waals surface area contributed by atoms with Gasteiger partial charge in [-0.1, -0.05) is 26.0 Å². The van der Waals surface area contributed by atoms with E-state index in [1.165, 1.54) is 0 Å². The molecule has 3 heterocycles. The number of para-hydroxylation sites is 2. The lowest BCUT2D eigenvalue weighted by Crippen LogP contribution is -2.54. The molecule has 0 unspecified atom stereocenters. The second-order valence-corrected chi connectivity index (χ2v) is 8.70. The number of nitrogens with zero attached hydrogens (tertiary/aromatic N) is 3. The molecule has 1 aliphatic rings. The van der Waals surface area contributed by atoms with Gasteiger partial charge in [0.1, 0.15) is 12.1 Å². The van der Waals surface area contributed by atoms with Gasteiger partial charge in [0.15, 0.2) is 5.69 Å². The van der Waals surface area contributed by atoms with Crippen molar-refractivity contribution in [2.24, 2.45) is 5.92 Å². The van der Waals surface area contributed by atoms with E-state index >= 15 is 0 Å². The molecule has 0 spiro atoms. The molecule has 0 bridgehead atoms. The van der Waals surface area contributed by atoms with Crippen molar-refractivity contribution in [2.45, 2.75) is 38.8 Å². The van der Waals surface area contributed by atoms with E-state index in [2.05, 4.69) is 20.3 Å². The van der Waals surface area contributed by atoms with Crippen LogP contribution in [0, 0.1) is 5.92 Å². The minimum atomic E-state index is -0.781. The molecule has 4 rings (SSSR count). The number of hydrogen-bond donors (Lipinski definition) is 3. The number of likely N-dealkylation sites (tertiary alicyclic amines) is 1. The zero-order valence-corrected chi connectivity index (χ0v) is 19.2. The summed E-state index contributed by atoms with van der Waals surface area (Å²) in [6.07, 6.45) is 2.76. The minimum absolute atomic E-state index is 0.0624. The van der Waals surface area contributed by atoms with Gasteiger partial charge in [0.05, 0.1) is 22.9 Å². The number of piperidine rings is 1. The molecular formula is C24H28N6O4. The highest BCUT2D eigenvalue weighted by molar-refractivity contribution is 5.97. The number of carbonyl (C=O) groups is 2. The predicted molar refractivity (Wildman–Crippen MR) is 127 cm³/mol. The number of nitrogens with two attached hydrogens (primary N) is 1. The Labute approximate surface area is 196 Å². The average molecular weight is 465 g/mol. The third-order valence-electron chi connectivity index (χ3n) is 5.83. The zero-order chi connectivity index (χ0) is 24.2. The summed E-state index contributed by atoms with van der Waals surface area (Å²) in [4.78, 5) is 51.3. The Morgan fingerprint density at radius 1 is 1.18 bits per heavy atom. The Hall–Kier alpha value is -3.95. The number of aromatic amines is 1. The van der Waals surface area contributed by atoms with E-state index in [0.717, 1.165) is 0 Å². The molecule has 1 fully saturated rings. The van der Waals surface area contributed by atoms with Crippen LogP contribution < -0.4 is 21.3 Å². The molecule has 10 nitrogen and oxygen atoms in total. The molecular weight excluding hydrogens is 436 g/mol. The fourth-order valence-corrected chi connectivity index (χ4v) is 3.93. The monoisotopic (exact) mass is 464 g/mol. The van der Waals surface area contributed by atoms with Gasteiger partial charge in [0.2, 0.25) is 11.8 Å². The first-order valence-electron chi connectivity index (χ1n) is 11.3. The molecule has 10 heteroatoms. The lowest BCUT2D eigenvalue weighted by atomic mass is 10.00. The Balaban J connectivity index is 1.40. The largest absolute Gasteiger partial charge is 0.474 e. The second kappa shape index (κ2) is 9.90. The number of fused-ring (bicyclic) bond motifs is 1. The van der Waals surface area contributed by atoms with Crippen LogP contribution in [0.25, 0.3) is 11.0 Å². The summed E-state index contributed by atoms with van der Waals surface area (Å²) in [6.45, 7) is 4.69. The third-order valence-corrected chi connectivity index (χ3v) is 5.83. The standard InChI is InChI=1S/C24H28N6O4/c1-14(2)20(29-23(32)21-22(31)28-18-6-4-3-5-17(18)27-21)24(33)30-11-9-16(10-12-30)34-19-8-7-15(25)13-26-19/h3-8,13-14,16,20H,9-12,25H2,1-2H3,(H,28,31)(H,29,32)/t20-/m0/s1. The number of aromatic nitrogens is 3. The first-order chi connectivity index (χ1) is 16.3. The number of pyridine rings is 1. The topological polar surface area (TPSA) is 143 Å². The number of rotatable bonds is 6. The smallest absolute Gasteiger partial charge is 0.280 e. The van der Waals surface area contributed by atoms with Crippen LogP contribution in [-0.2, 0) is 4.79 Å². The van der Waals surface area contributed by atoms with Crippen molar-refractivity contribution in [1.29, 1.82) is 0 Å². The molecule has 3 aromatic rings. The summed E-state index contributed by atoms with van der Waals surface area (Å²) in [5.41, 5.74) is 6.40. The summed E-state index contributed by atoms with van der Waals surface area (Å²) in [5.74, 6) is -0.542. The fourth-order valence-electron chi connectivity index (χ4n) is 3.93. The average Bonchev–Trinajstić information content (AvgIpc) is 2.83. The van der Waals surface area contributed by atoms with Gasteiger partial charge in [-0.3, -0.25) is 14.4 Å². The molecule has 1 aromatic carbocycles. The summed E-state index contributed by atoms with van der Waals surface area (Å²) in [5, 5.41) is 2.73. The van der Waals surface area contributed by atoms with Crippen LogP contribution in [0.15, 0.2) is 47.4 Å². The third kappa shape index (κ3) is 5.16. The SMILES string of the molecule is CC(C)[C@H](NC(=O)c1nc2ccccc2[nH]c1=O)C(=O)N1CCC(Oc2ccc(N)cn2)CC1. The number of ether oxygens (including phenoxy) is 1. The molecule has 34 heavy (non-hydrogen) atoms. The number of benzene rings is 1. The molecule has 2 amide bonds. The van der Waals surface area contributed by atoms with Crippen molar-refractivity contribution in [3.8, 4) is 5.88 Å². The molecule has 1 atom stereocenters. The van der Waals surface area contributed by atoms with Crippen molar-refractivity contribution in [3.63, 3.8) is 0 Å². The Bertz CT molecular complexity index is 1230. The predicted octanol–water partition coefficient (Wildman–Crippen LogP) is 1.72. The van der Waals surface area contributed by atoms with Gasteiger partial charge in [-0.05, 0) is 24.1 Å². The Morgan fingerprint density at radius 2 is 1.91 bits per heavy atom. The lowest BCUT2D eigenvalue weighted by Gasteiger charge is -2.35. The van der Waals surface area contributed by atoms with Crippen LogP contribution >= 0.6 is 0 Å². The first kappa shape index (κ1) is 23.2. The first-order valence-corrected chi connectivity index (χ1v) is 11.3. The van der Waals surface area contributed by atoms with E-state index in [1.54, 1.807) is 47.5 Å². The maximum atomic E-state index is 13.2. The van der Waals surface area contributed by atoms with Gasteiger partial charge < -0.3 is 25.7 Å². The van der Waals surface area contributed by atoms with Crippen LogP contribution in [-0.4, -0.2) is 56.9 Å². The van der Waals surface area contributed by atoms with Gasteiger partial charge in [0, 0.05) is 32.0 Å². The van der Waals surface area contributed by atoms with Gasteiger partial charge in [-0.25, -0.2) is 9.97 Å². The summed E-state index contributed by atoms with van der Waals surface area (Å²) in [7, 11) is 0. The summed E-state index contributed by atoms with van der Waals surface area (Å²) in [6, 6.07) is 9.63. The van der Waals surface area contributed by atoms with E-state index in [4.69, 9.17) is 10.5 Å². The molecule has 178 valence electrons. The van der Waals surface area contributed by atoms with Gasteiger partial charge in [-0.2, -0.15) is 0 Å². The molecule has 4 N–H and O–H groups in total. The van der Waals surface area contributed by atoms with Gasteiger partial charge in [0.25, 0.3) is 11.5 Å². The lowest BCUT2D eigenvalue weighted by molar-refractivity contribution is -0.136. The maximum absolute atomic E-state index is 13.2. The van der Waals surface area contributed by atoms with Crippen molar-refractivity contribution < 1.29 is 14.3 Å². The maximum Gasteiger partial charge on any atom is 0.280 e. The number of anilines is 1. The highest BCUT2D eigenvalue weighted by Gasteiger charge is 2.32. The van der Waals surface area contributed by atoms with Crippen LogP contribution in [0.2, 0.25) is 0 Å². The summed E-state index contributed by atoms with van der Waals surface area (Å²) < 4.78 is 5.90. The fraction of sp³-hybridized carbons (Fsp3) is 0.375. The zero-order valence-electron chi connectivity index (χ0n) is 19.2. The quantitative estimate of drug-likeness (QED) is 0.504. The molecule has 0 aliphatic carbocycles. The number of amides is 2. The van der Waals surface area contributed by atoms with Gasteiger partial charge in [-0.15, -0.1) is 0 Å². The molecule has 1 saturated heterocycles. The summed E-state index contributed by atoms with van der Waals surface area (Å²) >= 11 is 0. The van der Waals surface area contributed by atoms with Crippen LogP contribution in [0.3, 0.4) is 0 Å². The number of H-pyrrole nitrogens is 1. The van der Waals surface area contributed by atoms with Crippen molar-refractivity contribution in [2.75, 3.05) is 18.8 Å². The van der Waals surface area contributed by atoms with E-state index in [1.807, 2.05) is 13.8 Å². The number of carbonyl (C=O) groups excluding carboxylic acids is 2. The van der Waals surface area contributed by atoms with E-state index in [0.29, 0.717) is 48.5 Å². The van der Waals surface area contributed by atoms with Crippen LogP contribution in [0.5, 0.6) is 5.88 Å². The number of hydrogen-bond acceptors (Lipinski definition) is 7. The molecule has 0 radical (unpaired) electrons. The normalized spacial score (nSPS) is 15.3. The van der Waals surface area contributed by atoms with E-state index < -0.39 is 17.5 Å². The highest BCUT2D eigenvalue weighted by atomic mass is 16.5. The Morgan fingerprint density at radius 3 is 2.59 bits per heavy atom. The van der Waals surface area contributed by atoms with E-state index in [9.17, 15) is 14.4 Å². The van der Waals surface area contributed by atoms with Crippen molar-refractivity contribution in [3.05, 3.63) is 58.6 Å². The van der Waals surface area contributed by atoms with Gasteiger partial charge >= 0.3 is 0 Å². The molecule has 0 saturated carbocycles. The van der Waals surface area contributed by atoms with E-state index in [-0.39, 0.29) is 23.6 Å². The highest BCUT2D eigenvalue weighted by Crippen LogP contribution is 2.19. The molecule has 1 aliphatic heterocycles. The molecule has 2 aromatic heterocycles. The van der Waals surface area contributed by atoms with Crippen LogP contribution in [0.4, 0.5) is 5.69 Å². The van der Waals surface area contributed by atoms with Crippen molar-refractivity contribution >= 4 is 28.5 Å². The minimum Gasteiger partial charge on any atom is -0.474 e. The van der Waals surface area contributed by atoms with Crippen LogP contribution in [0.1, 0.15) is 37.2 Å².